The Bertz CT molecular complexity index is 1100. The highest BCUT2D eigenvalue weighted by Gasteiger charge is 2.31. The van der Waals surface area contributed by atoms with Gasteiger partial charge in [0.2, 0.25) is 5.91 Å². The minimum absolute atomic E-state index is 0.200. The molecule has 1 amide bonds. The van der Waals surface area contributed by atoms with Crippen molar-refractivity contribution in [2.75, 3.05) is 13.2 Å². The van der Waals surface area contributed by atoms with Crippen molar-refractivity contribution in [1.29, 1.82) is 0 Å². The molecule has 1 unspecified atom stereocenters. The highest BCUT2D eigenvalue weighted by molar-refractivity contribution is 7.97. The van der Waals surface area contributed by atoms with Crippen molar-refractivity contribution in [2.24, 2.45) is 5.73 Å². The molecule has 3 heterocycles. The number of ether oxygens (including phenoxy) is 2. The molecule has 1 atom stereocenters. The quantitative estimate of drug-likeness (QED) is 0.691. The number of hydrogen-bond donors (Lipinski definition) is 1. The number of hydrogen-bond acceptors (Lipinski definition) is 6. The number of nitrogens with zero attached hydrogens (tertiary/aromatic N) is 3. The largest absolute Gasteiger partial charge is 0.486 e. The van der Waals surface area contributed by atoms with Gasteiger partial charge in [0.05, 0.1) is 12.2 Å². The van der Waals surface area contributed by atoms with Crippen LogP contribution in [0.5, 0.6) is 11.5 Å². The van der Waals surface area contributed by atoms with Crippen LogP contribution < -0.4 is 15.2 Å². The molecular formula is C21H19FN4O3S. The molecule has 0 spiro atoms. The SMILES string of the molecule is NC(C(=O)N1Cc2cn(Sc3ccc4c(c3)OCCO4)nc2C1)c1ccccc1F. The molecule has 0 fully saturated rings. The maximum atomic E-state index is 14.0. The van der Waals surface area contributed by atoms with Crippen molar-refractivity contribution in [3.05, 3.63) is 71.3 Å². The Hall–Kier alpha value is -3.04. The zero-order valence-electron chi connectivity index (χ0n) is 16.0. The standard InChI is InChI=1S/C21H19FN4O3S/c22-16-4-2-1-3-15(16)20(23)21(27)25-10-13-11-26(24-17(13)12-25)30-14-5-6-18-19(9-14)29-8-7-28-18/h1-6,9,11,20H,7-8,10,12,23H2. The average Bonchev–Trinajstić information content (AvgIpc) is 3.31. The first kappa shape index (κ1) is 19.0. The molecule has 0 radical (unpaired) electrons. The van der Waals surface area contributed by atoms with Crippen molar-refractivity contribution in [2.45, 2.75) is 24.0 Å². The molecule has 9 heteroatoms. The Labute approximate surface area is 176 Å². The molecule has 5 rings (SSSR count). The summed E-state index contributed by atoms with van der Waals surface area (Å²) in [4.78, 5) is 15.3. The number of aromatic nitrogens is 2. The van der Waals surface area contributed by atoms with Gasteiger partial charge in [0, 0.05) is 40.7 Å². The number of halogens is 1. The Kier molecular flexibility index (Phi) is 4.84. The van der Waals surface area contributed by atoms with E-state index >= 15 is 0 Å². The third-order valence-corrected chi connectivity index (χ3v) is 5.93. The van der Waals surface area contributed by atoms with E-state index in [9.17, 15) is 9.18 Å². The molecule has 2 aliphatic heterocycles. The molecule has 2 N–H and O–H groups in total. The molecule has 0 saturated carbocycles. The van der Waals surface area contributed by atoms with Gasteiger partial charge in [-0.3, -0.25) is 4.79 Å². The van der Waals surface area contributed by atoms with Crippen LogP contribution in [-0.2, 0) is 17.9 Å². The molecule has 2 aromatic carbocycles. The summed E-state index contributed by atoms with van der Waals surface area (Å²) in [6.45, 7) is 1.85. The van der Waals surface area contributed by atoms with Gasteiger partial charge >= 0.3 is 0 Å². The summed E-state index contributed by atoms with van der Waals surface area (Å²) in [5.41, 5.74) is 7.99. The van der Waals surface area contributed by atoms with Crippen molar-refractivity contribution < 1.29 is 18.7 Å². The van der Waals surface area contributed by atoms with E-state index in [1.54, 1.807) is 21.1 Å². The molecule has 0 saturated heterocycles. The first-order valence-corrected chi connectivity index (χ1v) is 10.3. The van der Waals surface area contributed by atoms with Crippen molar-refractivity contribution >= 4 is 17.9 Å². The van der Waals surface area contributed by atoms with E-state index in [0.29, 0.717) is 26.3 Å². The lowest BCUT2D eigenvalue weighted by molar-refractivity contribution is -0.133. The van der Waals surface area contributed by atoms with Crippen molar-refractivity contribution in [3.63, 3.8) is 0 Å². The molecule has 1 aromatic heterocycles. The Morgan fingerprint density at radius 1 is 1.13 bits per heavy atom. The number of rotatable bonds is 4. The summed E-state index contributed by atoms with van der Waals surface area (Å²) >= 11 is 1.45. The molecule has 30 heavy (non-hydrogen) atoms. The highest BCUT2D eigenvalue weighted by Crippen LogP contribution is 2.35. The van der Waals surface area contributed by atoms with Gasteiger partial charge in [0.1, 0.15) is 25.1 Å². The van der Waals surface area contributed by atoms with Gasteiger partial charge in [-0.1, -0.05) is 18.2 Å². The van der Waals surface area contributed by atoms with Crippen LogP contribution in [0.15, 0.2) is 53.6 Å². The zero-order valence-corrected chi connectivity index (χ0v) is 16.8. The summed E-state index contributed by atoms with van der Waals surface area (Å²) in [6, 6.07) is 10.8. The summed E-state index contributed by atoms with van der Waals surface area (Å²) in [6.07, 6.45) is 1.90. The topological polar surface area (TPSA) is 82.6 Å². The summed E-state index contributed by atoms with van der Waals surface area (Å²) in [5, 5.41) is 4.58. The maximum absolute atomic E-state index is 14.0. The number of benzene rings is 2. The van der Waals surface area contributed by atoms with Crippen molar-refractivity contribution in [1.82, 2.24) is 14.1 Å². The first-order valence-electron chi connectivity index (χ1n) is 9.53. The summed E-state index contributed by atoms with van der Waals surface area (Å²) in [5.74, 6) is 0.680. The molecule has 3 aromatic rings. The van der Waals surface area contributed by atoms with Gasteiger partial charge in [-0.15, -0.1) is 0 Å². The second-order valence-electron chi connectivity index (χ2n) is 7.09. The summed E-state index contributed by atoms with van der Waals surface area (Å²) < 4.78 is 26.9. The number of carbonyl (C=O) groups is 1. The lowest BCUT2D eigenvalue weighted by Crippen LogP contribution is -2.35. The molecule has 154 valence electrons. The second kappa shape index (κ2) is 7.66. The van der Waals surface area contributed by atoms with Gasteiger partial charge in [0.25, 0.3) is 0 Å². The van der Waals surface area contributed by atoms with Crippen LogP contribution in [-0.4, -0.2) is 33.2 Å². The Balaban J connectivity index is 1.26. The van der Waals surface area contributed by atoms with E-state index in [-0.39, 0.29) is 11.5 Å². The van der Waals surface area contributed by atoms with Crippen LogP contribution in [0, 0.1) is 5.82 Å². The molecule has 0 aliphatic carbocycles. The third-order valence-electron chi connectivity index (χ3n) is 5.09. The van der Waals surface area contributed by atoms with E-state index in [0.717, 1.165) is 27.7 Å². The average molecular weight is 426 g/mol. The van der Waals surface area contributed by atoms with Crippen LogP contribution in [0.4, 0.5) is 4.39 Å². The lowest BCUT2D eigenvalue weighted by Gasteiger charge is -2.21. The summed E-state index contributed by atoms with van der Waals surface area (Å²) in [7, 11) is 0. The normalized spacial score (nSPS) is 15.7. The fourth-order valence-corrected chi connectivity index (χ4v) is 4.40. The third kappa shape index (κ3) is 3.50. The lowest BCUT2D eigenvalue weighted by atomic mass is 10.1. The molecule has 7 nitrogen and oxygen atoms in total. The van der Waals surface area contributed by atoms with Gasteiger partial charge in [-0.25, -0.2) is 8.48 Å². The Morgan fingerprint density at radius 3 is 2.73 bits per heavy atom. The molecule has 2 aliphatic rings. The number of nitrogens with two attached hydrogens (primary N) is 1. The van der Waals surface area contributed by atoms with Gasteiger partial charge in [-0.2, -0.15) is 5.10 Å². The van der Waals surface area contributed by atoms with E-state index in [4.69, 9.17) is 15.2 Å². The minimum Gasteiger partial charge on any atom is -0.486 e. The van der Waals surface area contributed by atoms with Gasteiger partial charge in [0.15, 0.2) is 11.5 Å². The number of amides is 1. The van der Waals surface area contributed by atoms with E-state index in [1.807, 2.05) is 24.4 Å². The van der Waals surface area contributed by atoms with Crippen LogP contribution in [0.3, 0.4) is 0 Å². The van der Waals surface area contributed by atoms with Crippen LogP contribution >= 0.6 is 11.9 Å². The second-order valence-corrected chi connectivity index (χ2v) is 8.12. The fourth-order valence-electron chi connectivity index (χ4n) is 3.58. The minimum atomic E-state index is -1.03. The van der Waals surface area contributed by atoms with Crippen molar-refractivity contribution in [3.8, 4) is 11.5 Å². The predicted molar refractivity (Wildman–Crippen MR) is 108 cm³/mol. The van der Waals surface area contributed by atoms with E-state index < -0.39 is 11.9 Å². The van der Waals surface area contributed by atoms with Gasteiger partial charge in [-0.05, 0) is 24.3 Å². The number of carbonyl (C=O) groups excluding carboxylic acids is 1. The predicted octanol–water partition coefficient (Wildman–Crippen LogP) is 2.89. The number of fused-ring (bicyclic) bond motifs is 2. The van der Waals surface area contributed by atoms with Gasteiger partial charge < -0.3 is 20.1 Å². The van der Waals surface area contributed by atoms with E-state index in [2.05, 4.69) is 5.10 Å². The smallest absolute Gasteiger partial charge is 0.244 e. The Morgan fingerprint density at radius 2 is 1.93 bits per heavy atom. The van der Waals surface area contributed by atoms with E-state index in [1.165, 1.54) is 24.1 Å². The molecular weight excluding hydrogens is 407 g/mol. The van der Waals surface area contributed by atoms with Crippen LogP contribution in [0.1, 0.15) is 22.9 Å². The highest BCUT2D eigenvalue weighted by atomic mass is 32.2. The maximum Gasteiger partial charge on any atom is 0.244 e. The van der Waals surface area contributed by atoms with Crippen LogP contribution in [0.2, 0.25) is 0 Å². The zero-order chi connectivity index (χ0) is 20.7. The van der Waals surface area contributed by atoms with Crippen LogP contribution in [0.25, 0.3) is 0 Å². The molecule has 0 bridgehead atoms. The first-order chi connectivity index (χ1) is 14.6. The fraction of sp³-hybridized carbons (Fsp3) is 0.238. The monoisotopic (exact) mass is 426 g/mol.